The molecular formula is C14H22N2O. The zero-order valence-corrected chi connectivity index (χ0v) is 10.7. The molecule has 1 aliphatic rings. The summed E-state index contributed by atoms with van der Waals surface area (Å²) in [4.78, 5) is 0. The maximum atomic E-state index is 9.47. The molecule has 94 valence electrons. The number of hydrogen-bond acceptors (Lipinski definition) is 3. The monoisotopic (exact) mass is 234 g/mol. The molecule has 0 aliphatic carbocycles. The molecule has 0 fully saturated rings. The van der Waals surface area contributed by atoms with E-state index in [4.69, 9.17) is 0 Å². The Morgan fingerprint density at radius 1 is 1.47 bits per heavy atom. The molecule has 1 atom stereocenters. The Balaban J connectivity index is 2.02. The van der Waals surface area contributed by atoms with Gasteiger partial charge in [-0.1, -0.05) is 19.9 Å². The molecule has 0 saturated heterocycles. The second-order valence-electron chi connectivity index (χ2n) is 5.24. The van der Waals surface area contributed by atoms with Gasteiger partial charge >= 0.3 is 0 Å². The molecule has 0 amide bonds. The molecule has 1 aromatic rings. The van der Waals surface area contributed by atoms with E-state index in [1.807, 2.05) is 12.1 Å². The van der Waals surface area contributed by atoms with Crippen LogP contribution < -0.4 is 10.6 Å². The SMILES string of the molecule is CC(C)CNCC1CCNc2cc(O)ccc21. The van der Waals surface area contributed by atoms with Gasteiger partial charge in [0.2, 0.25) is 0 Å². The van der Waals surface area contributed by atoms with Gasteiger partial charge in [-0.05, 0) is 30.5 Å². The Bertz CT molecular complexity index is 376. The molecule has 1 aliphatic heterocycles. The van der Waals surface area contributed by atoms with E-state index in [9.17, 15) is 5.11 Å². The summed E-state index contributed by atoms with van der Waals surface area (Å²) in [6.45, 7) is 7.53. The van der Waals surface area contributed by atoms with Crippen LogP contribution in [0, 0.1) is 5.92 Å². The van der Waals surface area contributed by atoms with Crippen LogP contribution in [0.4, 0.5) is 5.69 Å². The van der Waals surface area contributed by atoms with Gasteiger partial charge in [-0.3, -0.25) is 0 Å². The minimum atomic E-state index is 0.340. The predicted molar refractivity (Wildman–Crippen MR) is 71.7 cm³/mol. The van der Waals surface area contributed by atoms with E-state index in [0.717, 1.165) is 31.7 Å². The second-order valence-corrected chi connectivity index (χ2v) is 5.24. The highest BCUT2D eigenvalue weighted by molar-refractivity contribution is 5.58. The van der Waals surface area contributed by atoms with Gasteiger partial charge in [-0.15, -0.1) is 0 Å². The van der Waals surface area contributed by atoms with E-state index in [1.165, 1.54) is 5.56 Å². The zero-order chi connectivity index (χ0) is 12.3. The van der Waals surface area contributed by atoms with Crippen LogP contribution >= 0.6 is 0 Å². The van der Waals surface area contributed by atoms with Crippen LogP contribution in [-0.4, -0.2) is 24.7 Å². The van der Waals surface area contributed by atoms with Crippen molar-refractivity contribution in [2.24, 2.45) is 5.92 Å². The van der Waals surface area contributed by atoms with E-state index >= 15 is 0 Å². The van der Waals surface area contributed by atoms with Crippen LogP contribution in [0.2, 0.25) is 0 Å². The number of benzene rings is 1. The topological polar surface area (TPSA) is 44.3 Å². The van der Waals surface area contributed by atoms with Crippen LogP contribution in [0.5, 0.6) is 5.75 Å². The highest BCUT2D eigenvalue weighted by Crippen LogP contribution is 2.33. The van der Waals surface area contributed by atoms with Crippen molar-refractivity contribution in [3.8, 4) is 5.75 Å². The van der Waals surface area contributed by atoms with E-state index in [1.54, 1.807) is 6.07 Å². The number of aromatic hydroxyl groups is 1. The molecule has 17 heavy (non-hydrogen) atoms. The molecule has 1 heterocycles. The molecule has 0 radical (unpaired) electrons. The summed E-state index contributed by atoms with van der Waals surface area (Å²) in [5.41, 5.74) is 2.41. The number of anilines is 1. The van der Waals surface area contributed by atoms with E-state index in [2.05, 4.69) is 24.5 Å². The standard InChI is InChI=1S/C14H22N2O/c1-10(2)8-15-9-11-5-6-16-14-7-12(17)3-4-13(11)14/h3-4,7,10-11,15-17H,5-6,8-9H2,1-2H3. The first-order valence-corrected chi connectivity index (χ1v) is 6.44. The van der Waals surface area contributed by atoms with Crippen molar-refractivity contribution in [1.82, 2.24) is 5.32 Å². The number of fused-ring (bicyclic) bond motifs is 1. The summed E-state index contributed by atoms with van der Waals surface area (Å²) < 4.78 is 0. The normalized spacial score (nSPS) is 18.9. The molecular weight excluding hydrogens is 212 g/mol. The number of hydrogen-bond donors (Lipinski definition) is 3. The minimum absolute atomic E-state index is 0.340. The van der Waals surface area contributed by atoms with Gasteiger partial charge in [0.1, 0.15) is 5.75 Å². The molecule has 1 aromatic carbocycles. The Hall–Kier alpha value is -1.22. The fourth-order valence-electron chi connectivity index (χ4n) is 2.35. The lowest BCUT2D eigenvalue weighted by atomic mass is 9.90. The lowest BCUT2D eigenvalue weighted by Gasteiger charge is -2.27. The number of phenolic OH excluding ortho intramolecular Hbond substituents is 1. The highest BCUT2D eigenvalue weighted by Gasteiger charge is 2.19. The van der Waals surface area contributed by atoms with Crippen molar-refractivity contribution in [2.75, 3.05) is 25.0 Å². The van der Waals surface area contributed by atoms with Crippen molar-refractivity contribution >= 4 is 5.69 Å². The first-order chi connectivity index (χ1) is 8.16. The average molecular weight is 234 g/mol. The lowest BCUT2D eigenvalue weighted by Crippen LogP contribution is -2.29. The fourth-order valence-corrected chi connectivity index (χ4v) is 2.35. The summed E-state index contributed by atoms with van der Waals surface area (Å²) in [6, 6.07) is 5.64. The van der Waals surface area contributed by atoms with Gasteiger partial charge < -0.3 is 15.7 Å². The Labute approximate surface area is 103 Å². The Morgan fingerprint density at radius 3 is 3.06 bits per heavy atom. The molecule has 0 aromatic heterocycles. The molecule has 2 rings (SSSR count). The Morgan fingerprint density at radius 2 is 2.29 bits per heavy atom. The van der Waals surface area contributed by atoms with Crippen molar-refractivity contribution in [2.45, 2.75) is 26.2 Å². The summed E-state index contributed by atoms with van der Waals surface area (Å²) in [5.74, 6) is 1.59. The first kappa shape index (κ1) is 12.2. The van der Waals surface area contributed by atoms with Crippen molar-refractivity contribution < 1.29 is 5.11 Å². The van der Waals surface area contributed by atoms with Gasteiger partial charge in [0, 0.05) is 30.8 Å². The van der Waals surface area contributed by atoms with Crippen LogP contribution in [0.1, 0.15) is 31.7 Å². The average Bonchev–Trinajstić information content (AvgIpc) is 2.28. The zero-order valence-electron chi connectivity index (χ0n) is 10.7. The number of nitrogens with one attached hydrogen (secondary N) is 2. The van der Waals surface area contributed by atoms with Crippen LogP contribution in [-0.2, 0) is 0 Å². The summed E-state index contributed by atoms with van der Waals surface area (Å²) >= 11 is 0. The fraction of sp³-hybridized carbons (Fsp3) is 0.571. The van der Waals surface area contributed by atoms with E-state index < -0.39 is 0 Å². The largest absolute Gasteiger partial charge is 0.508 e. The summed E-state index contributed by atoms with van der Waals surface area (Å²) in [6.07, 6.45) is 1.16. The molecule has 0 spiro atoms. The van der Waals surface area contributed by atoms with Gasteiger partial charge in [-0.25, -0.2) is 0 Å². The van der Waals surface area contributed by atoms with Crippen molar-refractivity contribution in [3.05, 3.63) is 23.8 Å². The number of rotatable bonds is 4. The Kier molecular flexibility index (Phi) is 3.89. The minimum Gasteiger partial charge on any atom is -0.508 e. The van der Waals surface area contributed by atoms with Crippen LogP contribution in [0.3, 0.4) is 0 Å². The maximum Gasteiger partial charge on any atom is 0.117 e. The summed E-state index contributed by atoms with van der Waals surface area (Å²) in [7, 11) is 0. The van der Waals surface area contributed by atoms with Crippen molar-refractivity contribution in [3.63, 3.8) is 0 Å². The smallest absolute Gasteiger partial charge is 0.117 e. The van der Waals surface area contributed by atoms with E-state index in [0.29, 0.717) is 17.6 Å². The summed E-state index contributed by atoms with van der Waals surface area (Å²) in [5, 5.41) is 16.3. The van der Waals surface area contributed by atoms with Crippen molar-refractivity contribution in [1.29, 1.82) is 0 Å². The lowest BCUT2D eigenvalue weighted by molar-refractivity contribution is 0.473. The highest BCUT2D eigenvalue weighted by atomic mass is 16.3. The molecule has 3 nitrogen and oxygen atoms in total. The quantitative estimate of drug-likeness (QED) is 0.750. The first-order valence-electron chi connectivity index (χ1n) is 6.44. The third-order valence-corrected chi connectivity index (χ3v) is 3.23. The number of phenols is 1. The van der Waals surface area contributed by atoms with Crippen LogP contribution in [0.25, 0.3) is 0 Å². The van der Waals surface area contributed by atoms with E-state index in [-0.39, 0.29) is 0 Å². The second kappa shape index (κ2) is 5.41. The van der Waals surface area contributed by atoms with Gasteiger partial charge in [0.15, 0.2) is 0 Å². The molecule has 1 unspecified atom stereocenters. The molecule has 3 heteroatoms. The van der Waals surface area contributed by atoms with Crippen LogP contribution in [0.15, 0.2) is 18.2 Å². The molecule has 3 N–H and O–H groups in total. The third-order valence-electron chi connectivity index (χ3n) is 3.23. The molecule has 0 bridgehead atoms. The third kappa shape index (κ3) is 3.13. The van der Waals surface area contributed by atoms with Gasteiger partial charge in [-0.2, -0.15) is 0 Å². The maximum absolute atomic E-state index is 9.47. The predicted octanol–water partition coefficient (Wildman–Crippen LogP) is 2.54. The van der Waals surface area contributed by atoms with Gasteiger partial charge in [0.05, 0.1) is 0 Å². The molecule has 0 saturated carbocycles. The van der Waals surface area contributed by atoms with Gasteiger partial charge in [0.25, 0.3) is 0 Å².